The van der Waals surface area contributed by atoms with Gasteiger partial charge in [0.1, 0.15) is 5.69 Å². The van der Waals surface area contributed by atoms with Crippen molar-refractivity contribution in [1.82, 2.24) is 14.9 Å². The maximum Gasteiger partial charge on any atom is 0.293 e. The quantitative estimate of drug-likeness (QED) is 0.642. The minimum atomic E-state index is -0.445. The van der Waals surface area contributed by atoms with Crippen LogP contribution in [-0.2, 0) is 0 Å². The van der Waals surface area contributed by atoms with Crippen LogP contribution in [0.3, 0.4) is 0 Å². The molecule has 0 atom stereocenters. The summed E-state index contributed by atoms with van der Waals surface area (Å²) < 4.78 is 0. The Hall–Kier alpha value is -2.48. The van der Waals surface area contributed by atoms with Crippen LogP contribution in [0.15, 0.2) is 23.3 Å². The Kier molecular flexibility index (Phi) is 3.30. The molecule has 3 rings (SSSR count). The highest BCUT2D eigenvalue weighted by atomic mass is 16.6. The van der Waals surface area contributed by atoms with Crippen LogP contribution < -0.4 is 10.5 Å². The van der Waals surface area contributed by atoms with Crippen molar-refractivity contribution in [2.45, 2.75) is 0 Å². The largest absolute Gasteiger partial charge is 0.363 e. The van der Waals surface area contributed by atoms with Gasteiger partial charge >= 0.3 is 0 Å². The minimum absolute atomic E-state index is 0.0504. The molecule has 8 heteroatoms. The standard InChI is InChI=1S/C13H15N5O3/c1-16-2-4-17(5-3-16)11-7-10-9(6-12(11)18(20)21)13(19)15-8-14-10/h6-8H,2-5H2,1H3,(H,14,15,19). The van der Waals surface area contributed by atoms with Gasteiger partial charge < -0.3 is 14.8 Å². The van der Waals surface area contributed by atoms with Crippen molar-refractivity contribution < 1.29 is 4.92 Å². The number of aromatic nitrogens is 2. The number of fused-ring (bicyclic) bond motifs is 1. The summed E-state index contributed by atoms with van der Waals surface area (Å²) >= 11 is 0. The lowest BCUT2D eigenvalue weighted by molar-refractivity contribution is -0.384. The second-order valence-corrected chi connectivity index (χ2v) is 5.14. The molecule has 0 radical (unpaired) electrons. The van der Waals surface area contributed by atoms with Gasteiger partial charge in [0.25, 0.3) is 11.2 Å². The third kappa shape index (κ3) is 2.45. The van der Waals surface area contributed by atoms with Crippen molar-refractivity contribution in [3.05, 3.63) is 38.9 Å². The molecule has 110 valence electrons. The SMILES string of the molecule is CN1CCN(c2cc3nc[nH]c(=O)c3cc2[N+](=O)[O-])CC1. The number of nitro benzene ring substituents is 1. The molecule has 0 spiro atoms. The molecular formula is C13H15N5O3. The molecule has 1 fully saturated rings. The number of rotatable bonds is 2. The highest BCUT2D eigenvalue weighted by Gasteiger charge is 2.24. The van der Waals surface area contributed by atoms with E-state index in [1.54, 1.807) is 6.07 Å². The van der Waals surface area contributed by atoms with E-state index >= 15 is 0 Å². The highest BCUT2D eigenvalue weighted by Crippen LogP contribution is 2.31. The fourth-order valence-corrected chi connectivity index (χ4v) is 2.54. The summed E-state index contributed by atoms with van der Waals surface area (Å²) in [5.74, 6) is 0. The second-order valence-electron chi connectivity index (χ2n) is 5.14. The average molecular weight is 289 g/mol. The maximum atomic E-state index is 11.7. The second kappa shape index (κ2) is 5.13. The molecule has 1 N–H and O–H groups in total. The lowest BCUT2D eigenvalue weighted by Crippen LogP contribution is -2.44. The number of nitro groups is 1. The van der Waals surface area contributed by atoms with Gasteiger partial charge in [-0.05, 0) is 13.1 Å². The molecule has 0 amide bonds. The molecule has 1 aliphatic heterocycles. The number of hydrogen-bond acceptors (Lipinski definition) is 6. The van der Waals surface area contributed by atoms with E-state index < -0.39 is 4.92 Å². The Balaban J connectivity index is 2.14. The van der Waals surface area contributed by atoms with E-state index in [9.17, 15) is 14.9 Å². The minimum Gasteiger partial charge on any atom is -0.363 e. The van der Waals surface area contributed by atoms with E-state index in [2.05, 4.69) is 14.9 Å². The van der Waals surface area contributed by atoms with Crippen molar-refractivity contribution in [3.8, 4) is 0 Å². The van der Waals surface area contributed by atoms with Crippen LogP contribution in [0.1, 0.15) is 0 Å². The molecular weight excluding hydrogens is 274 g/mol. The predicted molar refractivity (Wildman–Crippen MR) is 78.7 cm³/mol. The molecule has 1 aliphatic rings. The molecule has 0 unspecified atom stereocenters. The van der Waals surface area contributed by atoms with Crippen LogP contribution in [0.5, 0.6) is 0 Å². The number of hydrogen-bond donors (Lipinski definition) is 1. The van der Waals surface area contributed by atoms with Crippen LogP contribution in [0.25, 0.3) is 10.9 Å². The first-order valence-corrected chi connectivity index (χ1v) is 6.65. The molecule has 0 aliphatic carbocycles. The Bertz CT molecular complexity index is 749. The first kappa shape index (κ1) is 13.5. The van der Waals surface area contributed by atoms with E-state index in [4.69, 9.17) is 0 Å². The molecule has 0 saturated carbocycles. The van der Waals surface area contributed by atoms with Gasteiger partial charge in [-0.15, -0.1) is 0 Å². The van der Waals surface area contributed by atoms with E-state index in [0.717, 1.165) is 13.1 Å². The highest BCUT2D eigenvalue weighted by molar-refractivity contribution is 5.87. The Morgan fingerprint density at radius 1 is 1.29 bits per heavy atom. The number of aromatic amines is 1. The summed E-state index contributed by atoms with van der Waals surface area (Å²) in [4.78, 5) is 33.3. The summed E-state index contributed by atoms with van der Waals surface area (Å²) in [6.45, 7) is 3.12. The third-order valence-corrected chi connectivity index (χ3v) is 3.78. The summed E-state index contributed by atoms with van der Waals surface area (Å²) in [6, 6.07) is 2.95. The van der Waals surface area contributed by atoms with Crippen molar-refractivity contribution in [2.24, 2.45) is 0 Å². The van der Waals surface area contributed by atoms with Crippen LogP contribution in [0.2, 0.25) is 0 Å². The van der Waals surface area contributed by atoms with E-state index in [-0.39, 0.29) is 16.6 Å². The number of anilines is 1. The molecule has 0 bridgehead atoms. The fourth-order valence-electron chi connectivity index (χ4n) is 2.54. The zero-order chi connectivity index (χ0) is 15.0. The number of piperazine rings is 1. The molecule has 2 aromatic rings. The lowest BCUT2D eigenvalue weighted by Gasteiger charge is -2.33. The first-order chi connectivity index (χ1) is 10.1. The topological polar surface area (TPSA) is 95.4 Å². The first-order valence-electron chi connectivity index (χ1n) is 6.65. The van der Waals surface area contributed by atoms with Gasteiger partial charge in [0.15, 0.2) is 0 Å². The van der Waals surface area contributed by atoms with Crippen molar-refractivity contribution in [3.63, 3.8) is 0 Å². The molecule has 8 nitrogen and oxygen atoms in total. The monoisotopic (exact) mass is 289 g/mol. The van der Waals surface area contributed by atoms with Crippen LogP contribution in [0, 0.1) is 10.1 Å². The normalized spacial score (nSPS) is 16.3. The molecule has 21 heavy (non-hydrogen) atoms. The maximum absolute atomic E-state index is 11.7. The van der Waals surface area contributed by atoms with Gasteiger partial charge in [0.05, 0.1) is 22.2 Å². The third-order valence-electron chi connectivity index (χ3n) is 3.78. The fraction of sp³-hybridized carbons (Fsp3) is 0.385. The van der Waals surface area contributed by atoms with Gasteiger partial charge in [-0.25, -0.2) is 4.98 Å². The molecule has 2 heterocycles. The van der Waals surface area contributed by atoms with E-state index in [0.29, 0.717) is 24.3 Å². The van der Waals surface area contributed by atoms with Crippen LogP contribution >= 0.6 is 0 Å². The summed E-state index contributed by atoms with van der Waals surface area (Å²) in [5, 5.41) is 11.6. The summed E-state index contributed by atoms with van der Waals surface area (Å²) in [5.41, 5.74) is 0.579. The molecule has 1 aromatic carbocycles. The number of benzene rings is 1. The molecule has 1 aromatic heterocycles. The van der Waals surface area contributed by atoms with Gasteiger partial charge in [-0.3, -0.25) is 14.9 Å². The zero-order valence-corrected chi connectivity index (χ0v) is 11.6. The summed E-state index contributed by atoms with van der Waals surface area (Å²) in [6.07, 6.45) is 1.31. The predicted octanol–water partition coefficient (Wildman–Crippen LogP) is 0.583. The van der Waals surface area contributed by atoms with Gasteiger partial charge in [0, 0.05) is 32.2 Å². The van der Waals surface area contributed by atoms with Crippen molar-refractivity contribution in [2.75, 3.05) is 38.1 Å². The Morgan fingerprint density at radius 3 is 2.67 bits per heavy atom. The number of nitrogens with one attached hydrogen (secondary N) is 1. The Morgan fingerprint density at radius 2 is 2.00 bits per heavy atom. The number of H-pyrrole nitrogens is 1. The Labute approximate surface area is 120 Å². The summed E-state index contributed by atoms with van der Waals surface area (Å²) in [7, 11) is 2.02. The smallest absolute Gasteiger partial charge is 0.293 e. The van der Waals surface area contributed by atoms with Crippen LogP contribution in [0.4, 0.5) is 11.4 Å². The molecule has 1 saturated heterocycles. The van der Waals surface area contributed by atoms with E-state index in [1.807, 2.05) is 11.9 Å². The van der Waals surface area contributed by atoms with Crippen molar-refractivity contribution >= 4 is 22.3 Å². The zero-order valence-electron chi connectivity index (χ0n) is 11.6. The van der Waals surface area contributed by atoms with Crippen LogP contribution in [-0.4, -0.2) is 53.0 Å². The number of nitrogens with zero attached hydrogens (tertiary/aromatic N) is 4. The van der Waals surface area contributed by atoms with Gasteiger partial charge in [-0.1, -0.05) is 0 Å². The van der Waals surface area contributed by atoms with Gasteiger partial charge in [0.2, 0.25) is 0 Å². The lowest BCUT2D eigenvalue weighted by atomic mass is 10.1. The average Bonchev–Trinajstić information content (AvgIpc) is 2.47. The van der Waals surface area contributed by atoms with Crippen molar-refractivity contribution in [1.29, 1.82) is 0 Å². The van der Waals surface area contributed by atoms with Gasteiger partial charge in [-0.2, -0.15) is 0 Å². The van der Waals surface area contributed by atoms with E-state index in [1.165, 1.54) is 12.4 Å². The number of likely N-dealkylation sites (N-methyl/N-ethyl adjacent to an activating group) is 1.